The lowest BCUT2D eigenvalue weighted by Crippen LogP contribution is -2.19. The van der Waals surface area contributed by atoms with Gasteiger partial charge in [-0.1, -0.05) is 0 Å². The molecule has 0 spiro atoms. The largest absolute Gasteiger partial charge is 0.367 e. The molecule has 0 atom stereocenters. The van der Waals surface area contributed by atoms with Gasteiger partial charge in [-0.2, -0.15) is 4.98 Å². The van der Waals surface area contributed by atoms with E-state index in [2.05, 4.69) is 15.3 Å². The van der Waals surface area contributed by atoms with Crippen molar-refractivity contribution >= 4 is 23.3 Å². The Balaban J connectivity index is 3.09. The van der Waals surface area contributed by atoms with Gasteiger partial charge in [-0.25, -0.2) is 4.98 Å². The molecule has 0 radical (unpaired) electrons. The summed E-state index contributed by atoms with van der Waals surface area (Å²) in [5.74, 6) is -0.211. The van der Waals surface area contributed by atoms with Crippen LogP contribution in [0.4, 0.5) is 5.82 Å². The molecule has 1 rings (SSSR count). The van der Waals surface area contributed by atoms with E-state index in [1.54, 1.807) is 0 Å². The van der Waals surface area contributed by atoms with Crippen molar-refractivity contribution < 1.29 is 4.79 Å². The van der Waals surface area contributed by atoms with Crippen LogP contribution in [0.15, 0.2) is 6.20 Å². The van der Waals surface area contributed by atoms with Gasteiger partial charge in [0.2, 0.25) is 5.28 Å². The highest BCUT2D eigenvalue weighted by Gasteiger charge is 2.11. The minimum atomic E-state index is -0.579. The quantitative estimate of drug-likeness (QED) is 0.737. The van der Waals surface area contributed by atoms with E-state index in [1.807, 2.05) is 13.8 Å². The molecule has 0 saturated carbocycles. The van der Waals surface area contributed by atoms with Crippen molar-refractivity contribution in [2.75, 3.05) is 5.32 Å². The highest BCUT2D eigenvalue weighted by atomic mass is 35.5. The first-order valence-electron chi connectivity index (χ1n) is 4.09. The van der Waals surface area contributed by atoms with Crippen molar-refractivity contribution in [2.45, 2.75) is 19.9 Å². The Kier molecular flexibility index (Phi) is 3.24. The molecule has 1 amide bonds. The average Bonchev–Trinajstić information content (AvgIpc) is 2.01. The number of hydrogen-bond acceptors (Lipinski definition) is 4. The summed E-state index contributed by atoms with van der Waals surface area (Å²) in [5, 5.41) is 3.04. The zero-order valence-corrected chi connectivity index (χ0v) is 8.67. The van der Waals surface area contributed by atoms with E-state index in [4.69, 9.17) is 17.3 Å². The number of nitrogens with one attached hydrogen (secondary N) is 1. The van der Waals surface area contributed by atoms with Crippen LogP contribution >= 0.6 is 11.6 Å². The lowest BCUT2D eigenvalue weighted by molar-refractivity contribution is 0.100. The van der Waals surface area contributed by atoms with Gasteiger partial charge in [-0.3, -0.25) is 4.79 Å². The van der Waals surface area contributed by atoms with Crippen LogP contribution in [0.25, 0.3) is 0 Å². The number of carbonyl (C=O) groups excluding carboxylic acids is 1. The molecular weight excluding hydrogens is 204 g/mol. The number of nitrogens with zero attached hydrogens (tertiary/aromatic N) is 2. The molecule has 0 aromatic carbocycles. The number of nitrogens with two attached hydrogens (primary N) is 1. The van der Waals surface area contributed by atoms with Gasteiger partial charge in [0.05, 0.1) is 5.56 Å². The second-order valence-corrected chi connectivity index (χ2v) is 3.40. The minimum Gasteiger partial charge on any atom is -0.367 e. The summed E-state index contributed by atoms with van der Waals surface area (Å²) in [6.45, 7) is 3.83. The van der Waals surface area contributed by atoms with E-state index in [0.717, 1.165) is 0 Å². The molecule has 3 N–H and O–H groups in total. The molecule has 0 unspecified atom stereocenters. The third kappa shape index (κ3) is 2.56. The Hall–Kier alpha value is -1.36. The number of rotatable bonds is 3. The summed E-state index contributed by atoms with van der Waals surface area (Å²) in [5.41, 5.74) is 5.38. The zero-order chi connectivity index (χ0) is 10.7. The maximum Gasteiger partial charge on any atom is 0.254 e. The van der Waals surface area contributed by atoms with Crippen LogP contribution in [-0.4, -0.2) is 21.9 Å². The van der Waals surface area contributed by atoms with E-state index >= 15 is 0 Å². The first kappa shape index (κ1) is 10.7. The average molecular weight is 215 g/mol. The topological polar surface area (TPSA) is 80.9 Å². The van der Waals surface area contributed by atoms with Crippen molar-refractivity contribution in [3.63, 3.8) is 0 Å². The fraction of sp³-hybridized carbons (Fsp3) is 0.375. The molecule has 6 heteroatoms. The Morgan fingerprint density at radius 3 is 2.79 bits per heavy atom. The van der Waals surface area contributed by atoms with Crippen molar-refractivity contribution in [1.29, 1.82) is 0 Å². The highest BCUT2D eigenvalue weighted by molar-refractivity contribution is 6.28. The summed E-state index contributed by atoms with van der Waals surface area (Å²) < 4.78 is 0. The third-order valence-electron chi connectivity index (χ3n) is 1.45. The molecule has 0 aliphatic heterocycles. The number of aromatic nitrogens is 2. The fourth-order valence-electron chi connectivity index (χ4n) is 0.924. The minimum absolute atomic E-state index is 0.0816. The number of hydrogen-bond donors (Lipinski definition) is 2. The first-order valence-corrected chi connectivity index (χ1v) is 4.47. The molecule has 5 nitrogen and oxygen atoms in total. The first-order chi connectivity index (χ1) is 6.50. The van der Waals surface area contributed by atoms with Crippen LogP contribution in [0.3, 0.4) is 0 Å². The summed E-state index contributed by atoms with van der Waals surface area (Å²) >= 11 is 5.59. The Morgan fingerprint density at radius 2 is 2.29 bits per heavy atom. The molecule has 1 aromatic rings. The molecule has 0 bridgehead atoms. The summed E-state index contributed by atoms with van der Waals surface area (Å²) in [6.07, 6.45) is 1.31. The van der Waals surface area contributed by atoms with Gasteiger partial charge in [-0.05, 0) is 25.4 Å². The maximum absolute atomic E-state index is 11.0. The van der Waals surface area contributed by atoms with Gasteiger partial charge < -0.3 is 11.1 Å². The van der Waals surface area contributed by atoms with Crippen molar-refractivity contribution in [3.05, 3.63) is 17.0 Å². The second-order valence-electron chi connectivity index (χ2n) is 3.06. The van der Waals surface area contributed by atoms with Crippen LogP contribution in [0.5, 0.6) is 0 Å². The normalized spacial score (nSPS) is 10.3. The van der Waals surface area contributed by atoms with Crippen LogP contribution in [0.1, 0.15) is 24.2 Å². The molecule has 1 aromatic heterocycles. The van der Waals surface area contributed by atoms with Crippen molar-refractivity contribution in [3.8, 4) is 0 Å². The van der Waals surface area contributed by atoms with Crippen molar-refractivity contribution in [1.82, 2.24) is 9.97 Å². The van der Waals surface area contributed by atoms with E-state index in [0.29, 0.717) is 5.82 Å². The number of carbonyl (C=O) groups is 1. The molecule has 0 saturated heterocycles. The van der Waals surface area contributed by atoms with Crippen LogP contribution in [0, 0.1) is 0 Å². The monoisotopic (exact) mass is 214 g/mol. The van der Waals surface area contributed by atoms with E-state index in [1.165, 1.54) is 6.20 Å². The smallest absolute Gasteiger partial charge is 0.254 e. The van der Waals surface area contributed by atoms with E-state index < -0.39 is 5.91 Å². The van der Waals surface area contributed by atoms with Crippen molar-refractivity contribution in [2.24, 2.45) is 5.73 Å². The van der Waals surface area contributed by atoms with Gasteiger partial charge >= 0.3 is 0 Å². The molecule has 0 aliphatic rings. The predicted molar refractivity (Wildman–Crippen MR) is 54.3 cm³/mol. The van der Waals surface area contributed by atoms with Gasteiger partial charge in [-0.15, -0.1) is 0 Å². The predicted octanol–water partition coefficient (Wildman–Crippen LogP) is 1.05. The summed E-state index contributed by atoms with van der Waals surface area (Å²) in [6, 6.07) is 0.138. The SMILES string of the molecule is CC(C)Nc1nc(Cl)ncc1C(N)=O. The van der Waals surface area contributed by atoms with E-state index in [9.17, 15) is 4.79 Å². The molecule has 0 aliphatic carbocycles. The number of anilines is 1. The fourth-order valence-corrected chi connectivity index (χ4v) is 1.06. The molecule has 1 heterocycles. The summed E-state index contributed by atoms with van der Waals surface area (Å²) in [4.78, 5) is 18.5. The lowest BCUT2D eigenvalue weighted by Gasteiger charge is -2.11. The number of amides is 1. The number of primary amides is 1. The maximum atomic E-state index is 11.0. The molecule has 76 valence electrons. The third-order valence-corrected chi connectivity index (χ3v) is 1.63. The van der Waals surface area contributed by atoms with Crippen LogP contribution in [0.2, 0.25) is 5.28 Å². The highest BCUT2D eigenvalue weighted by Crippen LogP contribution is 2.14. The van der Waals surface area contributed by atoms with Gasteiger partial charge in [0.15, 0.2) is 0 Å². The molecular formula is C8H11ClN4O. The summed E-state index contributed by atoms with van der Waals surface area (Å²) in [7, 11) is 0. The molecule has 0 fully saturated rings. The van der Waals surface area contributed by atoms with Crippen LogP contribution < -0.4 is 11.1 Å². The van der Waals surface area contributed by atoms with Gasteiger partial charge in [0.25, 0.3) is 5.91 Å². The zero-order valence-electron chi connectivity index (χ0n) is 7.91. The van der Waals surface area contributed by atoms with E-state index in [-0.39, 0.29) is 16.9 Å². The standard InChI is InChI=1S/C8H11ClN4O/c1-4(2)12-7-5(6(10)14)3-11-8(9)13-7/h3-4H,1-2H3,(H2,10,14)(H,11,12,13). The number of halogens is 1. The molecule has 14 heavy (non-hydrogen) atoms. The lowest BCUT2D eigenvalue weighted by atomic mass is 10.3. The van der Waals surface area contributed by atoms with Gasteiger partial charge in [0, 0.05) is 12.2 Å². The van der Waals surface area contributed by atoms with Crippen LogP contribution in [-0.2, 0) is 0 Å². The van der Waals surface area contributed by atoms with Gasteiger partial charge in [0.1, 0.15) is 5.82 Å². The Labute approximate surface area is 86.7 Å². The second kappa shape index (κ2) is 4.23. The Bertz CT molecular complexity index is 353. The Morgan fingerprint density at radius 1 is 1.64 bits per heavy atom.